The van der Waals surface area contributed by atoms with Crippen LogP contribution in [0.3, 0.4) is 0 Å². The number of rotatable bonds is 6. The molecule has 132 valence electrons. The molecule has 2 aromatic rings. The van der Waals surface area contributed by atoms with Crippen molar-refractivity contribution < 1.29 is 0 Å². The van der Waals surface area contributed by atoms with Gasteiger partial charge in [0.2, 0.25) is 0 Å². The third kappa shape index (κ3) is 6.94. The normalized spacial score (nSPS) is 11.3. The summed E-state index contributed by atoms with van der Waals surface area (Å²) in [5.74, 6) is 1.25. The fraction of sp³-hybridized carbons (Fsp3) is 0.412. The van der Waals surface area contributed by atoms with E-state index in [4.69, 9.17) is 11.6 Å². The van der Waals surface area contributed by atoms with Crippen LogP contribution in [0, 0.1) is 0 Å². The van der Waals surface area contributed by atoms with Gasteiger partial charge in [-0.15, -0.1) is 35.3 Å². The Morgan fingerprint density at radius 2 is 2.12 bits per heavy atom. The van der Waals surface area contributed by atoms with Gasteiger partial charge in [0, 0.05) is 16.9 Å². The molecule has 0 amide bonds. The number of aromatic nitrogens is 1. The van der Waals surface area contributed by atoms with E-state index in [2.05, 4.69) is 46.8 Å². The second kappa shape index (κ2) is 10.9. The molecule has 0 saturated heterocycles. The van der Waals surface area contributed by atoms with Crippen molar-refractivity contribution in [3.8, 4) is 0 Å². The Hall–Kier alpha value is -0.860. The third-order valence-corrected chi connectivity index (χ3v) is 4.32. The third-order valence-electron chi connectivity index (χ3n) is 3.22. The van der Waals surface area contributed by atoms with Crippen LogP contribution in [0.15, 0.2) is 34.6 Å². The first-order valence-electron chi connectivity index (χ1n) is 7.79. The maximum Gasteiger partial charge on any atom is 0.191 e. The van der Waals surface area contributed by atoms with Gasteiger partial charge in [-0.2, -0.15) is 0 Å². The number of benzene rings is 1. The molecule has 7 heteroatoms. The fourth-order valence-corrected chi connectivity index (χ4v) is 3.09. The minimum absolute atomic E-state index is 0. The van der Waals surface area contributed by atoms with Crippen molar-refractivity contribution in [1.82, 2.24) is 15.6 Å². The van der Waals surface area contributed by atoms with Gasteiger partial charge in [-0.25, -0.2) is 9.98 Å². The highest BCUT2D eigenvalue weighted by molar-refractivity contribution is 14.0. The Morgan fingerprint density at radius 3 is 2.75 bits per heavy atom. The van der Waals surface area contributed by atoms with Crippen LogP contribution in [-0.4, -0.2) is 17.5 Å². The molecule has 1 aromatic carbocycles. The molecule has 0 aliphatic rings. The second-order valence-electron chi connectivity index (χ2n) is 5.50. The zero-order chi connectivity index (χ0) is 16.7. The van der Waals surface area contributed by atoms with E-state index in [1.54, 1.807) is 11.3 Å². The zero-order valence-corrected chi connectivity index (χ0v) is 18.1. The van der Waals surface area contributed by atoms with Crippen LogP contribution >= 0.6 is 46.9 Å². The van der Waals surface area contributed by atoms with Gasteiger partial charge >= 0.3 is 0 Å². The maximum atomic E-state index is 6.00. The average Bonchev–Trinajstić information content (AvgIpc) is 2.99. The van der Waals surface area contributed by atoms with E-state index in [0.29, 0.717) is 19.0 Å². The van der Waals surface area contributed by atoms with E-state index in [9.17, 15) is 0 Å². The lowest BCUT2D eigenvalue weighted by Crippen LogP contribution is -2.36. The summed E-state index contributed by atoms with van der Waals surface area (Å²) in [5.41, 5.74) is 2.23. The molecule has 24 heavy (non-hydrogen) atoms. The molecular formula is C17H24ClIN4S. The Labute approximate surface area is 170 Å². The summed E-state index contributed by atoms with van der Waals surface area (Å²) >= 11 is 7.68. The number of hydrogen-bond donors (Lipinski definition) is 2. The van der Waals surface area contributed by atoms with Crippen molar-refractivity contribution in [2.75, 3.05) is 6.54 Å². The lowest BCUT2D eigenvalue weighted by atomic mass is 10.2. The van der Waals surface area contributed by atoms with Crippen molar-refractivity contribution in [3.05, 3.63) is 50.9 Å². The number of guanidine groups is 1. The first kappa shape index (κ1) is 21.2. The number of thiazole rings is 1. The van der Waals surface area contributed by atoms with Gasteiger partial charge < -0.3 is 10.6 Å². The quantitative estimate of drug-likeness (QED) is 0.356. The largest absolute Gasteiger partial charge is 0.357 e. The minimum atomic E-state index is 0. The summed E-state index contributed by atoms with van der Waals surface area (Å²) in [6.07, 6.45) is 0. The molecule has 1 heterocycles. The fourth-order valence-electron chi connectivity index (χ4n) is 1.98. The lowest BCUT2D eigenvalue weighted by Gasteiger charge is -2.10. The molecule has 1 aromatic heterocycles. The van der Waals surface area contributed by atoms with Crippen molar-refractivity contribution in [2.45, 2.75) is 39.8 Å². The molecule has 0 aliphatic carbocycles. The van der Waals surface area contributed by atoms with E-state index < -0.39 is 0 Å². The van der Waals surface area contributed by atoms with Crippen molar-refractivity contribution >= 4 is 52.9 Å². The van der Waals surface area contributed by atoms with Gasteiger partial charge in [0.1, 0.15) is 5.01 Å². The summed E-state index contributed by atoms with van der Waals surface area (Å²) in [4.78, 5) is 9.22. The molecule has 4 nitrogen and oxygen atoms in total. The summed E-state index contributed by atoms with van der Waals surface area (Å²) < 4.78 is 0. The van der Waals surface area contributed by atoms with Crippen LogP contribution in [0.2, 0.25) is 5.02 Å². The highest BCUT2D eigenvalue weighted by Crippen LogP contribution is 2.17. The average molecular weight is 479 g/mol. The topological polar surface area (TPSA) is 49.3 Å². The van der Waals surface area contributed by atoms with Crippen LogP contribution in [0.1, 0.15) is 43.0 Å². The SMILES string of the molecule is CCNC(=NCc1cccc(Cl)c1)NCc1nc(C(C)C)cs1.I. The van der Waals surface area contributed by atoms with Crippen LogP contribution in [-0.2, 0) is 13.1 Å². The van der Waals surface area contributed by atoms with Gasteiger partial charge in [-0.3, -0.25) is 0 Å². The molecular weight excluding hydrogens is 455 g/mol. The van der Waals surface area contributed by atoms with Gasteiger partial charge in [0.25, 0.3) is 0 Å². The van der Waals surface area contributed by atoms with Crippen LogP contribution < -0.4 is 10.6 Å². The van der Waals surface area contributed by atoms with E-state index in [-0.39, 0.29) is 24.0 Å². The maximum absolute atomic E-state index is 6.00. The van der Waals surface area contributed by atoms with E-state index >= 15 is 0 Å². The molecule has 0 unspecified atom stereocenters. The number of hydrogen-bond acceptors (Lipinski definition) is 3. The smallest absolute Gasteiger partial charge is 0.191 e. The van der Waals surface area contributed by atoms with E-state index in [0.717, 1.165) is 33.8 Å². The van der Waals surface area contributed by atoms with Gasteiger partial charge in [-0.05, 0) is 30.5 Å². The Kier molecular flexibility index (Phi) is 9.61. The standard InChI is InChI=1S/C17H23ClN4S.HI/c1-4-19-17(20-9-13-6-5-7-14(18)8-13)21-10-16-22-15(11-23-16)12(2)3;/h5-8,11-12H,4,9-10H2,1-3H3,(H2,19,20,21);1H. The summed E-state index contributed by atoms with van der Waals surface area (Å²) in [6, 6.07) is 7.77. The highest BCUT2D eigenvalue weighted by atomic mass is 127. The molecule has 0 bridgehead atoms. The van der Waals surface area contributed by atoms with Crippen molar-refractivity contribution in [3.63, 3.8) is 0 Å². The number of aliphatic imine (C=N–C) groups is 1. The summed E-state index contributed by atoms with van der Waals surface area (Å²) in [7, 11) is 0. The van der Waals surface area contributed by atoms with Crippen molar-refractivity contribution in [1.29, 1.82) is 0 Å². The minimum Gasteiger partial charge on any atom is -0.357 e. The van der Waals surface area contributed by atoms with Crippen molar-refractivity contribution in [2.24, 2.45) is 4.99 Å². The first-order valence-corrected chi connectivity index (χ1v) is 9.05. The van der Waals surface area contributed by atoms with Crippen LogP contribution in [0.5, 0.6) is 0 Å². The van der Waals surface area contributed by atoms with Crippen LogP contribution in [0.4, 0.5) is 0 Å². The molecule has 0 radical (unpaired) electrons. The molecule has 0 saturated carbocycles. The van der Waals surface area contributed by atoms with Crippen LogP contribution in [0.25, 0.3) is 0 Å². The highest BCUT2D eigenvalue weighted by Gasteiger charge is 2.06. The van der Waals surface area contributed by atoms with Gasteiger partial charge in [0.15, 0.2) is 5.96 Å². The molecule has 0 atom stereocenters. The monoisotopic (exact) mass is 478 g/mol. The molecule has 0 fully saturated rings. The first-order chi connectivity index (χ1) is 11.1. The predicted molar refractivity (Wildman–Crippen MR) is 115 cm³/mol. The Balaban J connectivity index is 0.00000288. The Morgan fingerprint density at radius 1 is 1.33 bits per heavy atom. The molecule has 2 N–H and O–H groups in total. The number of nitrogens with zero attached hydrogens (tertiary/aromatic N) is 2. The lowest BCUT2D eigenvalue weighted by molar-refractivity contribution is 0.788. The van der Waals surface area contributed by atoms with Gasteiger partial charge in [0.05, 0.1) is 18.8 Å². The summed E-state index contributed by atoms with van der Waals surface area (Å²) in [6.45, 7) is 8.45. The zero-order valence-electron chi connectivity index (χ0n) is 14.2. The Bertz CT molecular complexity index is 658. The van der Waals surface area contributed by atoms with Gasteiger partial charge in [-0.1, -0.05) is 37.6 Å². The van der Waals surface area contributed by atoms with E-state index in [1.165, 1.54) is 0 Å². The number of nitrogens with one attached hydrogen (secondary N) is 2. The molecule has 2 rings (SSSR count). The summed E-state index contributed by atoms with van der Waals surface area (Å²) in [5, 5.41) is 10.5. The molecule has 0 spiro atoms. The molecule has 0 aliphatic heterocycles. The van der Waals surface area contributed by atoms with E-state index in [1.807, 2.05) is 24.3 Å². The number of halogens is 2. The second-order valence-corrected chi connectivity index (χ2v) is 6.88. The predicted octanol–water partition coefficient (Wildman–Crippen LogP) is 4.79.